The van der Waals surface area contributed by atoms with Gasteiger partial charge in [0.05, 0.1) is 17.7 Å². The van der Waals surface area contributed by atoms with Crippen molar-refractivity contribution < 1.29 is 139 Å². The van der Waals surface area contributed by atoms with E-state index in [1.54, 1.807) is 13.0 Å². The second kappa shape index (κ2) is 44.0. The van der Waals surface area contributed by atoms with Crippen LogP contribution in [0.25, 0.3) is 0 Å². The topological polar surface area (TPSA) is 278 Å². The van der Waals surface area contributed by atoms with Gasteiger partial charge in [0, 0.05) is 32.4 Å². The second-order valence-electron chi connectivity index (χ2n) is 29.4. The van der Waals surface area contributed by atoms with Crippen LogP contribution in [0.2, 0.25) is 0 Å². The van der Waals surface area contributed by atoms with Crippen LogP contribution in [0, 0.1) is 93.2 Å². The zero-order valence-corrected chi connectivity index (χ0v) is 70.8. The van der Waals surface area contributed by atoms with Crippen molar-refractivity contribution in [2.24, 2.45) is 11.7 Å². The smallest absolute Gasteiger partial charge is 0.342 e. The van der Waals surface area contributed by atoms with Gasteiger partial charge in [-0.3, -0.25) is 19.2 Å². The molecule has 1 fully saturated rings. The molecule has 0 radical (unpaired) electrons. The fraction of sp³-hybridized carbons (Fsp3) is 0.405. The first kappa shape index (κ1) is 104. The average molecular weight is 1800 g/mol. The van der Waals surface area contributed by atoms with E-state index in [1.165, 1.54) is 84.8 Å². The summed E-state index contributed by atoms with van der Waals surface area (Å²) in [7, 11) is -13.9. The average Bonchev–Trinajstić information content (AvgIpc) is 0.765. The van der Waals surface area contributed by atoms with Gasteiger partial charge in [-0.1, -0.05) is 111 Å². The number of benzene rings is 7. The Kier molecular flexibility index (Phi) is 38.5. The molecule has 40 heteroatoms. The quantitative estimate of drug-likeness (QED) is 0.0114. The molecule has 1 aliphatic carbocycles. The Morgan fingerprint density at radius 2 is 0.832 bits per heavy atom. The van der Waals surface area contributed by atoms with Crippen molar-refractivity contribution >= 4 is 88.7 Å². The van der Waals surface area contributed by atoms with Crippen LogP contribution in [0.4, 0.5) is 71.5 Å². The fourth-order valence-electron chi connectivity index (χ4n) is 10.1. The maximum Gasteiger partial charge on any atom is 0.342 e. The Morgan fingerprint density at radius 3 is 1.21 bits per heavy atom. The van der Waals surface area contributed by atoms with E-state index in [0.717, 1.165) is 44.6 Å². The molecular formula is C79H89Cl2F15N4O16S3. The number of ether oxygens (including phenoxy) is 5. The van der Waals surface area contributed by atoms with E-state index >= 15 is 0 Å². The predicted molar refractivity (Wildman–Crippen MR) is 410 cm³/mol. The molecule has 1 saturated carbocycles. The molecule has 0 aliphatic heterocycles. The number of nitrogens with two attached hydrogens (primary N) is 1. The van der Waals surface area contributed by atoms with Crippen molar-refractivity contribution in [2.45, 2.75) is 197 Å². The number of sulfonamides is 2. The van der Waals surface area contributed by atoms with Gasteiger partial charge >= 0.3 is 23.9 Å². The number of nitrogens with zero attached hydrogens (tertiary/aromatic N) is 2. The molecule has 8 rings (SSSR count). The van der Waals surface area contributed by atoms with E-state index in [4.69, 9.17) is 41.0 Å². The fourth-order valence-corrected chi connectivity index (χ4v) is 14.9. The number of rotatable bonds is 23. The molecule has 0 saturated heterocycles. The monoisotopic (exact) mass is 1800 g/mol. The Balaban J connectivity index is 0.000000404. The minimum absolute atomic E-state index is 0. The van der Waals surface area contributed by atoms with Crippen LogP contribution in [0.15, 0.2) is 118 Å². The summed E-state index contributed by atoms with van der Waals surface area (Å²) in [5, 5.41) is 2.29. The highest BCUT2D eigenvalue weighted by Gasteiger charge is 2.42. The molecule has 0 heterocycles. The summed E-state index contributed by atoms with van der Waals surface area (Å²) in [4.78, 5) is 52.3. The van der Waals surface area contributed by atoms with Crippen molar-refractivity contribution in [2.75, 3.05) is 25.2 Å². The summed E-state index contributed by atoms with van der Waals surface area (Å²) in [5.74, 6) is -41.0. The standard InChI is InChI=1S/C34H35NO3.C14H16F5NO4S.C14H15F5O4S.C10H7ClF5NO3S.C7H15NO2.ClH/c36-34(38-25-28-12-6-2-7-13-28)32-21-20-31(22-33(32)37-24-27-10-4-1-5-11-27)35-23-26-16-18-30(19-17-26)29-14-8-3-9-15-29;1-6(13(21)24-14(2,3)4)20(5)25(22,23)12-10(18)8(16)7(15)9(17)11(12)19;1-6(13(20)23-14(2,3)4)5-24(21,22)12-10(18)8(16)7(15)9(17)11(12)19;1-3(10(11)18)17(2)21(19,20)9-7(15)5(13)4(12)6(14)8(9)16;1-5(8)6(9)10-7(2,3)4;/h1-2,4-7,10-13,16-22,29,35H,3,8-9,14-15,23-25H2;6H,1-5H3;6H,5H2,1-4H3;3H,1-2H3;5H,8H2,1-4H3;1H/t;2*6-;3-;5-;/m.1011./s1. The number of sulfone groups is 1. The van der Waals surface area contributed by atoms with Crippen molar-refractivity contribution in [3.8, 4) is 5.75 Å². The van der Waals surface area contributed by atoms with Gasteiger partial charge in [-0.25, -0.2) is 95.9 Å². The van der Waals surface area contributed by atoms with Crippen LogP contribution in [-0.2, 0) is 87.8 Å². The maximum atomic E-state index is 13.8. The Labute approximate surface area is 690 Å². The van der Waals surface area contributed by atoms with Gasteiger partial charge in [0.15, 0.2) is 89.4 Å². The van der Waals surface area contributed by atoms with Crippen LogP contribution < -0.4 is 15.8 Å². The third kappa shape index (κ3) is 29.1. The van der Waals surface area contributed by atoms with E-state index in [1.807, 2.05) is 93.6 Å². The van der Waals surface area contributed by atoms with Crippen molar-refractivity contribution in [3.05, 3.63) is 218 Å². The van der Waals surface area contributed by atoms with E-state index in [2.05, 4.69) is 29.6 Å². The third-order valence-corrected chi connectivity index (χ3v) is 22.7. The Morgan fingerprint density at radius 1 is 0.471 bits per heavy atom. The molecule has 0 amide bonds. The predicted octanol–water partition coefficient (Wildman–Crippen LogP) is 17.4. The summed E-state index contributed by atoms with van der Waals surface area (Å²) in [6, 6.07) is 30.5. The molecule has 20 nitrogen and oxygen atoms in total. The molecule has 658 valence electrons. The van der Waals surface area contributed by atoms with Gasteiger partial charge in [-0.05, 0) is 148 Å². The van der Waals surface area contributed by atoms with Gasteiger partial charge in [0.25, 0.3) is 0 Å². The lowest BCUT2D eigenvalue weighted by Gasteiger charge is -2.27. The molecule has 7 aromatic carbocycles. The molecule has 0 bridgehead atoms. The van der Waals surface area contributed by atoms with Gasteiger partial charge in [0.2, 0.25) is 42.7 Å². The van der Waals surface area contributed by atoms with Crippen LogP contribution >= 0.6 is 24.0 Å². The molecule has 1 aliphatic rings. The molecule has 3 N–H and O–H groups in total. The third-order valence-electron chi connectivity index (χ3n) is 16.5. The van der Waals surface area contributed by atoms with E-state index in [0.29, 0.717) is 37.4 Å². The van der Waals surface area contributed by atoms with E-state index in [9.17, 15) is 115 Å². The molecular weight excluding hydrogens is 1710 g/mol. The first-order valence-corrected chi connectivity index (χ1v) is 40.4. The zero-order valence-electron chi connectivity index (χ0n) is 66.7. The SMILES string of the molecule is C[C@@H](CS(=O)(=O)c1c(F)c(F)c(F)c(F)c1F)C(=O)OC(C)(C)C.C[C@@H](N)C(=O)OC(C)(C)C.C[C@H](C(=O)Cl)N(C)S(=O)(=O)c1c(F)c(F)c(F)c(F)c1F.C[C@H](C(=O)OC(C)(C)C)N(C)S(=O)(=O)c1c(F)c(F)c(F)c(F)c1F.Cl.O=C(OCc1ccccc1)c1ccc(NCc2ccc(C3CCCCC3)cc2)cc1OCc1ccccc1. The van der Waals surface area contributed by atoms with E-state index < -0.39 is 202 Å². The number of hydrogen-bond donors (Lipinski definition) is 2. The van der Waals surface area contributed by atoms with Gasteiger partial charge < -0.3 is 34.7 Å². The number of carbonyl (C=O) groups is 5. The Hall–Kier alpha value is -9.05. The van der Waals surface area contributed by atoms with Crippen LogP contribution in [0.3, 0.4) is 0 Å². The molecule has 119 heavy (non-hydrogen) atoms. The van der Waals surface area contributed by atoms with Crippen LogP contribution in [0.5, 0.6) is 5.75 Å². The van der Waals surface area contributed by atoms with Gasteiger partial charge in [-0.2, -0.15) is 8.61 Å². The normalized spacial score (nSPS) is 13.6. The van der Waals surface area contributed by atoms with Crippen LogP contribution in [0.1, 0.15) is 161 Å². The minimum atomic E-state index is -5.23. The van der Waals surface area contributed by atoms with Crippen molar-refractivity contribution in [1.29, 1.82) is 0 Å². The zero-order chi connectivity index (χ0) is 90.0. The summed E-state index contributed by atoms with van der Waals surface area (Å²) >= 11 is 5.04. The molecule has 0 unspecified atom stereocenters. The highest BCUT2D eigenvalue weighted by molar-refractivity contribution is 7.91. The largest absolute Gasteiger partial charge is 0.488 e. The number of halogens is 17. The summed E-state index contributed by atoms with van der Waals surface area (Å²) in [6.45, 7) is 20.4. The lowest BCUT2D eigenvalue weighted by molar-refractivity contribution is -0.159. The molecule has 0 aromatic heterocycles. The first-order valence-electron chi connectivity index (χ1n) is 35.5. The number of likely N-dealkylation sites (N-methyl/N-ethyl adjacent to an activating group) is 2. The lowest BCUT2D eigenvalue weighted by atomic mass is 9.84. The number of esters is 4. The molecule has 7 aromatic rings. The van der Waals surface area contributed by atoms with Crippen molar-refractivity contribution in [1.82, 2.24) is 8.61 Å². The molecule has 0 spiro atoms. The maximum absolute atomic E-state index is 13.8. The highest BCUT2D eigenvalue weighted by atomic mass is 35.5. The Bertz CT molecular complexity index is 5000. The molecule has 4 atom stereocenters. The summed E-state index contributed by atoms with van der Waals surface area (Å²) in [6.07, 6.45) is 6.68. The number of nitrogens with one attached hydrogen (secondary N) is 1. The van der Waals surface area contributed by atoms with Gasteiger partial charge in [0.1, 0.15) is 58.3 Å². The van der Waals surface area contributed by atoms with Crippen molar-refractivity contribution in [3.63, 3.8) is 0 Å². The highest BCUT2D eigenvalue weighted by Crippen LogP contribution is 2.36. The minimum Gasteiger partial charge on any atom is -0.488 e. The number of anilines is 1. The van der Waals surface area contributed by atoms with Crippen LogP contribution in [-0.4, -0.2) is 118 Å². The lowest BCUT2D eigenvalue weighted by Crippen LogP contribution is -2.44. The second-order valence-corrected chi connectivity index (χ2v) is 35.7. The number of hydrogen-bond acceptors (Lipinski definition) is 18. The summed E-state index contributed by atoms with van der Waals surface area (Å²) in [5.41, 5.74) is 8.89. The summed E-state index contributed by atoms with van der Waals surface area (Å²) < 4.78 is 299. The first-order chi connectivity index (χ1) is 54.3. The number of carbonyl (C=O) groups excluding carboxylic acids is 5. The van der Waals surface area contributed by atoms with E-state index in [-0.39, 0.29) is 33.6 Å². The van der Waals surface area contributed by atoms with Gasteiger partial charge in [-0.15, -0.1) is 12.4 Å².